The third-order valence-corrected chi connectivity index (χ3v) is 10.5. The Bertz CT molecular complexity index is 4060. The summed E-state index contributed by atoms with van der Waals surface area (Å²) in [7, 11) is 0. The summed E-state index contributed by atoms with van der Waals surface area (Å²) in [5.41, 5.74) is -3.00. The van der Waals surface area contributed by atoms with Crippen LogP contribution < -0.4 is 0 Å². The summed E-state index contributed by atoms with van der Waals surface area (Å²) >= 11 is 0. The van der Waals surface area contributed by atoms with Crippen molar-refractivity contribution >= 4 is 21.9 Å². The van der Waals surface area contributed by atoms with Crippen LogP contribution in [-0.2, 0) is 58.3 Å². The normalized spacial score (nSPS) is 17.0. The summed E-state index contributed by atoms with van der Waals surface area (Å²) < 4.78 is 180. The fourth-order valence-electron chi connectivity index (χ4n) is 7.29. The first-order chi connectivity index (χ1) is 39.3. The fourth-order valence-corrected chi connectivity index (χ4v) is 7.29. The van der Waals surface area contributed by atoms with E-state index in [9.17, 15) is 21.7 Å². The van der Waals surface area contributed by atoms with Crippen molar-refractivity contribution in [3.63, 3.8) is 0 Å². The van der Waals surface area contributed by atoms with E-state index in [1.54, 1.807) is 91.0 Å². The minimum Gasteiger partial charge on any atom is -0.500 e. The fraction of sp³-hybridized carbons (Fsp3) is 0.133. The molecule has 0 bridgehead atoms. The van der Waals surface area contributed by atoms with Gasteiger partial charge in [0.05, 0.1) is 18.6 Å². The van der Waals surface area contributed by atoms with Crippen LogP contribution in [-0.4, -0.2) is 15.0 Å². The summed E-state index contributed by atoms with van der Waals surface area (Å²) in [6.45, 7) is -6.19. The molecule has 66 heavy (non-hydrogen) atoms. The van der Waals surface area contributed by atoms with Gasteiger partial charge >= 0.3 is 20.1 Å². The number of nitriles is 1. The van der Waals surface area contributed by atoms with Gasteiger partial charge in [-0.1, -0.05) is 101 Å². The van der Waals surface area contributed by atoms with Crippen molar-refractivity contribution < 1.29 is 50.6 Å². The number of aryl methyl sites for hydroxylation is 8. The van der Waals surface area contributed by atoms with Crippen molar-refractivity contribution in [2.45, 2.75) is 51.9 Å². The molecule has 0 radical (unpaired) electrons. The number of aromatic nitrogens is 3. The Kier molecular flexibility index (Phi) is 8.00. The van der Waals surface area contributed by atoms with Gasteiger partial charge in [-0.2, -0.15) is 5.26 Å². The van der Waals surface area contributed by atoms with E-state index < -0.39 is 96.4 Å². The van der Waals surface area contributed by atoms with Crippen LogP contribution in [0.15, 0.2) is 169 Å². The Labute approximate surface area is 426 Å². The van der Waals surface area contributed by atoms with Gasteiger partial charge in [0.2, 0.25) is 0 Å². The van der Waals surface area contributed by atoms with Crippen molar-refractivity contribution in [3.05, 3.63) is 232 Å². The van der Waals surface area contributed by atoms with E-state index in [-0.39, 0.29) is 59.9 Å². The Morgan fingerprint density at radius 1 is 0.576 bits per heavy atom. The predicted octanol–water partition coefficient (Wildman–Crippen LogP) is 13.7. The molecule has 0 aliphatic rings. The summed E-state index contributed by atoms with van der Waals surface area (Å²) in [6, 6.07) is 44.5. The van der Waals surface area contributed by atoms with Crippen molar-refractivity contribution in [2.75, 3.05) is 0 Å². The van der Waals surface area contributed by atoms with Crippen molar-refractivity contribution in [1.82, 2.24) is 15.0 Å². The zero-order valence-electron chi connectivity index (χ0n) is 53.5. The van der Waals surface area contributed by atoms with Gasteiger partial charge in [-0.05, 0) is 114 Å². The molecule has 0 saturated carbocycles. The van der Waals surface area contributed by atoms with E-state index in [0.717, 1.165) is 48.9 Å². The van der Waals surface area contributed by atoms with Crippen LogP contribution in [0.4, 0.5) is 0 Å². The van der Waals surface area contributed by atoms with Crippen LogP contribution in [0.1, 0.15) is 76.1 Å². The molecule has 320 valence electrons. The van der Waals surface area contributed by atoms with E-state index in [4.69, 9.17) is 14.0 Å². The second-order valence-electron chi connectivity index (χ2n) is 14.7. The molecule has 0 N–H and O–H groups in total. The van der Waals surface area contributed by atoms with Gasteiger partial charge in [0.1, 0.15) is 5.58 Å². The third kappa shape index (κ3) is 9.42. The first-order valence-corrected chi connectivity index (χ1v) is 20.3. The Morgan fingerprint density at radius 3 is 1.71 bits per heavy atom. The van der Waals surface area contributed by atoms with E-state index in [2.05, 4.69) is 39.2 Å². The molecular formula is C60H45IrN4O. The third-order valence-electron chi connectivity index (χ3n) is 10.5. The largest absolute Gasteiger partial charge is 3.00 e. The van der Waals surface area contributed by atoms with E-state index >= 15 is 0 Å². The van der Waals surface area contributed by atoms with Gasteiger partial charge in [0.15, 0.2) is 0 Å². The maximum absolute atomic E-state index is 10.2. The molecule has 0 atom stereocenters. The molecule has 0 aliphatic heterocycles. The molecule has 6 heteroatoms. The van der Waals surface area contributed by atoms with Gasteiger partial charge < -0.3 is 19.4 Å². The maximum atomic E-state index is 10.2. The number of fused-ring (bicyclic) bond motifs is 3. The molecule has 0 unspecified atom stereocenters. The molecule has 0 aliphatic carbocycles. The standard InChI is InChI=1S/C60H45N4O.Ir/c1-40-31-56(46-13-6-3-7-14-46)63-38-50(40)26-23-44-33-43(34-45(35-44)24-27-51-39-64-57(32-41(51)2)47-15-8-4-9-16-47)22-21-42-25-30-55(62-37-42)54-20-12-19-52-53-29-28-49(36-61)58(60(53)65-59(52)54)48-17-10-5-11-18-48;/h3-13,15,17-19,25,28-35,37-39H,21-24,26-27H2,1-2H3;/q-3;+3/i1D3,2D3,21D2,22D2,23D2,24D2,26D2,27D2,28D;. The van der Waals surface area contributed by atoms with Crippen LogP contribution in [0.2, 0.25) is 0 Å². The number of hydrogen-bond donors (Lipinski definition) is 0. The number of hydrogen-bond acceptors (Lipinski definition) is 5. The maximum Gasteiger partial charge on any atom is 3.00 e. The van der Waals surface area contributed by atoms with Crippen LogP contribution in [0, 0.1) is 43.2 Å². The molecule has 10 aromatic rings. The van der Waals surface area contributed by atoms with E-state index in [0.29, 0.717) is 38.6 Å². The number of nitrogens with zero attached hydrogens (tertiary/aromatic N) is 4. The van der Waals surface area contributed by atoms with Gasteiger partial charge in [-0.15, -0.1) is 90.0 Å². The van der Waals surface area contributed by atoms with Crippen LogP contribution in [0.3, 0.4) is 0 Å². The number of furan rings is 1. The average Bonchev–Trinajstić information content (AvgIpc) is 1.89. The van der Waals surface area contributed by atoms with Gasteiger partial charge in [0.25, 0.3) is 0 Å². The zero-order chi connectivity index (χ0) is 60.7. The molecule has 5 nitrogen and oxygen atoms in total. The van der Waals surface area contributed by atoms with Crippen molar-refractivity contribution in [3.8, 4) is 51.0 Å². The first-order valence-electron chi connectivity index (χ1n) is 29.8. The van der Waals surface area contributed by atoms with E-state index in [1.165, 1.54) is 18.2 Å². The number of benzene rings is 6. The second-order valence-corrected chi connectivity index (χ2v) is 14.7. The SMILES string of the molecule is [2H]c1cc2c(oc3c(-c4ccc(C([2H])([2H])C([2H])([2H])c5cc(C([2H])([2H])C([2H])([2H])c6cnc(-c7[c-]cccc7)cc6C([2H])([2H])[2H])cc(C([2H])([2H])C([2H])([2H])c6cnc(-c7[c-]cccc7)cc6C([2H])([2H])[2H])c5)cn4)[c-]ccc32)c(-c2ccccc2)c1C#N.[Ir+3]. The molecule has 4 heterocycles. The summed E-state index contributed by atoms with van der Waals surface area (Å²) in [4.78, 5) is 13.1. The summed E-state index contributed by atoms with van der Waals surface area (Å²) in [5, 5.41) is 11.2. The quantitative estimate of drug-likeness (QED) is 0.108. The molecule has 0 saturated heterocycles. The van der Waals surface area contributed by atoms with Gasteiger partial charge in [-0.25, -0.2) is 0 Å². The molecule has 0 spiro atoms. The summed E-state index contributed by atoms with van der Waals surface area (Å²) in [6.07, 6.45) is -17.8. The zero-order valence-corrected chi connectivity index (χ0v) is 36.9. The first kappa shape index (κ1) is 26.6. The predicted molar refractivity (Wildman–Crippen MR) is 261 cm³/mol. The van der Waals surface area contributed by atoms with Crippen LogP contribution >= 0.6 is 0 Å². The second kappa shape index (κ2) is 19.8. The minimum atomic E-state index is -3.51. The Morgan fingerprint density at radius 2 is 1.15 bits per heavy atom. The van der Waals surface area contributed by atoms with Crippen molar-refractivity contribution in [1.29, 1.82) is 5.26 Å². The van der Waals surface area contributed by atoms with Crippen LogP contribution in [0.25, 0.3) is 66.8 Å². The Hall–Kier alpha value is -7.29. The van der Waals surface area contributed by atoms with Crippen molar-refractivity contribution in [2.24, 2.45) is 0 Å². The Balaban J connectivity index is 0.00000865. The molecule has 10 rings (SSSR count). The van der Waals surface area contributed by atoms with Gasteiger partial charge in [0, 0.05) is 54.2 Å². The van der Waals surface area contributed by atoms with Crippen LogP contribution in [0.5, 0.6) is 0 Å². The molecule has 4 aromatic heterocycles. The monoisotopic (exact) mass is 1050 g/mol. The molecule has 0 amide bonds. The molecule has 6 aromatic carbocycles. The van der Waals surface area contributed by atoms with E-state index in [1.807, 2.05) is 0 Å². The topological polar surface area (TPSA) is 75.6 Å². The minimum absolute atomic E-state index is 0. The molecular weight excluding hydrogens is 985 g/mol. The summed E-state index contributed by atoms with van der Waals surface area (Å²) in [5.74, 6) is 0. The molecule has 0 fully saturated rings. The van der Waals surface area contributed by atoms with Gasteiger partial charge in [-0.3, -0.25) is 0 Å². The average molecular weight is 1050 g/mol. The number of rotatable bonds is 13. The smallest absolute Gasteiger partial charge is 0.500 e. The number of pyridine rings is 3.